The third kappa shape index (κ3) is 6.19. The van der Waals surface area contributed by atoms with Crippen LogP contribution in [-0.2, 0) is 26.0 Å². The van der Waals surface area contributed by atoms with E-state index in [4.69, 9.17) is 4.74 Å². The Bertz CT molecular complexity index is 900. The van der Waals surface area contributed by atoms with Gasteiger partial charge < -0.3 is 10.1 Å². The van der Waals surface area contributed by atoms with Crippen molar-refractivity contribution in [2.24, 2.45) is 5.41 Å². The molecule has 1 amide bonds. The normalized spacial score (nSPS) is 17.1. The lowest BCUT2D eigenvalue weighted by Crippen LogP contribution is -2.47. The third-order valence-corrected chi connectivity index (χ3v) is 5.88. The molecular formula is C21H32N2O5S. The monoisotopic (exact) mass is 424 g/mol. The zero-order valence-electron chi connectivity index (χ0n) is 18.3. The Balaban J connectivity index is 2.01. The summed E-state index contributed by atoms with van der Waals surface area (Å²) in [5.41, 5.74) is 1.29. The van der Waals surface area contributed by atoms with Gasteiger partial charge in [-0.05, 0) is 62.8 Å². The zero-order valence-corrected chi connectivity index (χ0v) is 19.1. The summed E-state index contributed by atoms with van der Waals surface area (Å²) in [6.45, 7) is 11.6. The summed E-state index contributed by atoms with van der Waals surface area (Å²) in [7, 11) is -3.39. The van der Waals surface area contributed by atoms with Crippen LogP contribution in [0, 0.1) is 5.41 Å². The number of fused-ring (bicyclic) bond motifs is 1. The number of amides is 1. The summed E-state index contributed by atoms with van der Waals surface area (Å²) < 4.78 is 30.5. The summed E-state index contributed by atoms with van der Waals surface area (Å²) >= 11 is 0. The Labute approximate surface area is 173 Å². The number of rotatable bonds is 6. The molecule has 2 rings (SSSR count). The van der Waals surface area contributed by atoms with Crippen LogP contribution in [0.5, 0.6) is 0 Å². The molecule has 1 aromatic rings. The number of carbonyl (C=O) groups is 2. The number of benzene rings is 1. The SMILES string of the molecule is C[C@@H]1Cc2cc(C(=O)OCC(=O)NC(C)(C)CC(C)(C)C)ccc2N1S(C)(=O)=O. The number of hydrogen-bond acceptors (Lipinski definition) is 5. The van der Waals surface area contributed by atoms with E-state index in [0.29, 0.717) is 17.7 Å². The Morgan fingerprint density at radius 2 is 1.83 bits per heavy atom. The van der Waals surface area contributed by atoms with E-state index in [1.54, 1.807) is 12.1 Å². The molecular weight excluding hydrogens is 392 g/mol. The Morgan fingerprint density at radius 3 is 2.38 bits per heavy atom. The molecule has 1 N–H and O–H groups in total. The van der Waals surface area contributed by atoms with E-state index in [1.165, 1.54) is 16.6 Å². The van der Waals surface area contributed by atoms with Crippen molar-refractivity contribution in [2.45, 2.75) is 66.0 Å². The molecule has 1 heterocycles. The third-order valence-electron chi connectivity index (χ3n) is 4.61. The predicted molar refractivity (Wildman–Crippen MR) is 114 cm³/mol. The van der Waals surface area contributed by atoms with E-state index in [9.17, 15) is 18.0 Å². The van der Waals surface area contributed by atoms with Crippen molar-refractivity contribution in [1.82, 2.24) is 5.32 Å². The van der Waals surface area contributed by atoms with Gasteiger partial charge in [-0.1, -0.05) is 20.8 Å². The van der Waals surface area contributed by atoms with E-state index in [2.05, 4.69) is 26.1 Å². The van der Waals surface area contributed by atoms with Crippen LogP contribution in [0.25, 0.3) is 0 Å². The molecule has 1 aliphatic rings. The standard InChI is InChI=1S/C21H32N2O5S/c1-14-10-16-11-15(8-9-17(16)23(14)29(7,26)27)19(25)28-12-18(24)22-21(5,6)13-20(2,3)4/h8-9,11,14H,10,12-13H2,1-7H3,(H,22,24)/t14-/m1/s1. The number of ether oxygens (including phenoxy) is 1. The number of hydrogen-bond donors (Lipinski definition) is 1. The quantitative estimate of drug-likeness (QED) is 0.709. The first-order valence-corrected chi connectivity index (χ1v) is 11.5. The van der Waals surface area contributed by atoms with Crippen molar-refractivity contribution < 1.29 is 22.7 Å². The minimum Gasteiger partial charge on any atom is -0.452 e. The van der Waals surface area contributed by atoms with Gasteiger partial charge in [-0.3, -0.25) is 9.10 Å². The first kappa shape index (κ1) is 23.2. The molecule has 0 saturated heterocycles. The highest BCUT2D eigenvalue weighted by Gasteiger charge is 2.33. The second kappa shape index (κ2) is 7.97. The molecule has 0 aliphatic carbocycles. The lowest BCUT2D eigenvalue weighted by Gasteiger charge is -2.33. The molecule has 0 fully saturated rings. The Hall–Kier alpha value is -2.09. The Kier molecular flexibility index (Phi) is 6.37. The van der Waals surface area contributed by atoms with E-state index >= 15 is 0 Å². The molecule has 1 aromatic carbocycles. The minimum atomic E-state index is -3.39. The number of nitrogens with one attached hydrogen (secondary N) is 1. The van der Waals surface area contributed by atoms with Gasteiger partial charge in [0.15, 0.2) is 6.61 Å². The topological polar surface area (TPSA) is 92.8 Å². The molecule has 7 nitrogen and oxygen atoms in total. The smallest absolute Gasteiger partial charge is 0.338 e. The fraction of sp³-hybridized carbons (Fsp3) is 0.619. The molecule has 29 heavy (non-hydrogen) atoms. The van der Waals surface area contributed by atoms with Gasteiger partial charge in [0.05, 0.1) is 17.5 Å². The van der Waals surface area contributed by atoms with Crippen LogP contribution in [0.2, 0.25) is 0 Å². The van der Waals surface area contributed by atoms with Gasteiger partial charge >= 0.3 is 5.97 Å². The van der Waals surface area contributed by atoms with Crippen LogP contribution < -0.4 is 9.62 Å². The average molecular weight is 425 g/mol. The predicted octanol–water partition coefficient (Wildman–Crippen LogP) is 2.89. The summed E-state index contributed by atoms with van der Waals surface area (Å²) in [6, 6.07) is 4.57. The second-order valence-corrected chi connectivity index (χ2v) is 11.6. The Morgan fingerprint density at radius 1 is 1.21 bits per heavy atom. The highest BCUT2D eigenvalue weighted by molar-refractivity contribution is 7.92. The van der Waals surface area contributed by atoms with Gasteiger partial charge in [-0.2, -0.15) is 0 Å². The van der Waals surface area contributed by atoms with Gasteiger partial charge in [0.25, 0.3) is 5.91 Å². The van der Waals surface area contributed by atoms with Crippen molar-refractivity contribution in [3.05, 3.63) is 29.3 Å². The van der Waals surface area contributed by atoms with E-state index in [1.807, 2.05) is 20.8 Å². The van der Waals surface area contributed by atoms with Crippen molar-refractivity contribution in [1.29, 1.82) is 0 Å². The minimum absolute atomic E-state index is 0.0505. The number of esters is 1. The van der Waals surface area contributed by atoms with E-state index in [-0.39, 0.29) is 24.0 Å². The van der Waals surface area contributed by atoms with Crippen LogP contribution in [0.4, 0.5) is 5.69 Å². The molecule has 0 radical (unpaired) electrons. The summed E-state index contributed by atoms with van der Waals surface area (Å²) in [4.78, 5) is 24.6. The number of anilines is 1. The van der Waals surface area contributed by atoms with Gasteiger partial charge in [0, 0.05) is 11.6 Å². The number of nitrogens with zero attached hydrogens (tertiary/aromatic N) is 1. The maximum atomic E-state index is 12.4. The van der Waals surface area contributed by atoms with Crippen LogP contribution in [-0.4, -0.2) is 44.7 Å². The van der Waals surface area contributed by atoms with Crippen LogP contribution >= 0.6 is 0 Å². The molecule has 162 valence electrons. The van der Waals surface area contributed by atoms with Crippen LogP contribution in [0.15, 0.2) is 18.2 Å². The fourth-order valence-electron chi connectivity index (χ4n) is 4.23. The molecule has 0 aromatic heterocycles. The van der Waals surface area contributed by atoms with Crippen LogP contribution in [0.3, 0.4) is 0 Å². The number of sulfonamides is 1. The first-order valence-electron chi connectivity index (χ1n) is 9.69. The zero-order chi connectivity index (χ0) is 22.2. The maximum absolute atomic E-state index is 12.4. The highest BCUT2D eigenvalue weighted by Crippen LogP contribution is 2.34. The fourth-order valence-corrected chi connectivity index (χ4v) is 5.50. The molecule has 0 saturated carbocycles. The first-order chi connectivity index (χ1) is 13.1. The lowest BCUT2D eigenvalue weighted by atomic mass is 9.82. The van der Waals surface area contributed by atoms with E-state index < -0.39 is 21.5 Å². The summed E-state index contributed by atoms with van der Waals surface area (Å²) in [5.74, 6) is -0.965. The molecule has 0 spiro atoms. The average Bonchev–Trinajstić information content (AvgIpc) is 2.84. The van der Waals surface area contributed by atoms with Crippen molar-refractivity contribution in [3.63, 3.8) is 0 Å². The van der Waals surface area contributed by atoms with Crippen LogP contribution in [0.1, 0.15) is 63.9 Å². The number of carbonyl (C=O) groups excluding carboxylic acids is 2. The highest BCUT2D eigenvalue weighted by atomic mass is 32.2. The molecule has 0 unspecified atom stereocenters. The second-order valence-electron chi connectivity index (χ2n) is 9.70. The van der Waals surface area contributed by atoms with Gasteiger partial charge in [0.1, 0.15) is 0 Å². The van der Waals surface area contributed by atoms with Gasteiger partial charge in [-0.15, -0.1) is 0 Å². The lowest BCUT2D eigenvalue weighted by molar-refractivity contribution is -0.126. The van der Waals surface area contributed by atoms with Gasteiger partial charge in [0.2, 0.25) is 10.0 Å². The molecule has 0 bridgehead atoms. The van der Waals surface area contributed by atoms with Gasteiger partial charge in [-0.25, -0.2) is 13.2 Å². The van der Waals surface area contributed by atoms with Crippen molar-refractivity contribution in [3.8, 4) is 0 Å². The largest absolute Gasteiger partial charge is 0.452 e. The molecule has 8 heteroatoms. The maximum Gasteiger partial charge on any atom is 0.338 e. The van der Waals surface area contributed by atoms with Crippen molar-refractivity contribution in [2.75, 3.05) is 17.2 Å². The summed E-state index contributed by atoms with van der Waals surface area (Å²) in [5, 5.41) is 2.90. The van der Waals surface area contributed by atoms with Crippen molar-refractivity contribution >= 4 is 27.6 Å². The molecule has 1 atom stereocenters. The van der Waals surface area contributed by atoms with E-state index in [0.717, 1.165) is 12.0 Å². The summed E-state index contributed by atoms with van der Waals surface area (Å²) in [6.07, 6.45) is 2.46. The molecule has 1 aliphatic heterocycles.